The molecule has 0 aliphatic carbocycles. The van der Waals surface area contributed by atoms with Crippen molar-refractivity contribution in [3.05, 3.63) is 81.2 Å². The fourth-order valence-corrected chi connectivity index (χ4v) is 4.89. The lowest BCUT2D eigenvalue weighted by Crippen LogP contribution is -2.49. The molecule has 1 aliphatic heterocycles. The van der Waals surface area contributed by atoms with Gasteiger partial charge in [-0.15, -0.1) is 0 Å². The third-order valence-corrected chi connectivity index (χ3v) is 6.83. The van der Waals surface area contributed by atoms with Crippen LogP contribution in [0.5, 0.6) is 0 Å². The molecule has 0 radical (unpaired) electrons. The maximum Gasteiger partial charge on any atom is 0.321 e. The van der Waals surface area contributed by atoms with E-state index in [9.17, 15) is 18.4 Å². The Balaban J connectivity index is 1.23. The first kappa shape index (κ1) is 23.3. The minimum Gasteiger partial charge on any atom is -0.322 e. The second-order valence-electron chi connectivity index (χ2n) is 8.02. The summed E-state index contributed by atoms with van der Waals surface area (Å²) in [5, 5.41) is 7.46. The van der Waals surface area contributed by atoms with E-state index in [1.807, 2.05) is 0 Å². The quantitative estimate of drug-likeness (QED) is 0.441. The van der Waals surface area contributed by atoms with Crippen LogP contribution in [0.15, 0.2) is 53.3 Å². The van der Waals surface area contributed by atoms with E-state index in [1.54, 1.807) is 17.0 Å². The molecule has 35 heavy (non-hydrogen) atoms. The second-order valence-corrected chi connectivity index (χ2v) is 9.38. The second kappa shape index (κ2) is 9.68. The maximum atomic E-state index is 13.6. The number of aromatic nitrogens is 3. The van der Waals surface area contributed by atoms with Crippen LogP contribution in [0, 0.1) is 11.6 Å². The Hall–Kier alpha value is -3.41. The average Bonchev–Trinajstić information content (AvgIpc) is 3.27. The van der Waals surface area contributed by atoms with E-state index in [0.717, 1.165) is 0 Å². The van der Waals surface area contributed by atoms with Gasteiger partial charge in [-0.3, -0.25) is 9.69 Å². The van der Waals surface area contributed by atoms with Gasteiger partial charge in [-0.2, -0.15) is 9.61 Å². The van der Waals surface area contributed by atoms with Crippen LogP contribution in [-0.4, -0.2) is 56.6 Å². The van der Waals surface area contributed by atoms with E-state index >= 15 is 0 Å². The summed E-state index contributed by atoms with van der Waals surface area (Å²) in [6.45, 7) is 2.59. The standard InChI is InChI=1S/C23H19ClF2N6O2S/c24-18-11-16(4-5-19(18)26)27-22(34)31-8-6-30(7-9-31)13-17-12-20(33)32-23(28-17)35-21(29-32)14-2-1-3-15(25)10-14/h1-5,10-12H,6-9,13H2,(H,27,34). The number of carbonyl (C=O) groups is 1. The largest absolute Gasteiger partial charge is 0.322 e. The molecule has 5 rings (SSSR count). The topological polar surface area (TPSA) is 82.8 Å². The van der Waals surface area contributed by atoms with Crippen molar-refractivity contribution in [1.82, 2.24) is 24.4 Å². The van der Waals surface area contributed by atoms with E-state index in [4.69, 9.17) is 11.6 Å². The summed E-state index contributed by atoms with van der Waals surface area (Å²) < 4.78 is 28.1. The molecule has 0 bridgehead atoms. The fraction of sp³-hybridized carbons (Fsp3) is 0.217. The monoisotopic (exact) mass is 516 g/mol. The number of nitrogens with zero attached hydrogens (tertiary/aromatic N) is 5. The van der Waals surface area contributed by atoms with Crippen molar-refractivity contribution < 1.29 is 13.6 Å². The molecule has 0 unspecified atom stereocenters. The summed E-state index contributed by atoms with van der Waals surface area (Å²) in [7, 11) is 0. The molecular weight excluding hydrogens is 498 g/mol. The van der Waals surface area contributed by atoms with Gasteiger partial charge in [0, 0.05) is 50.0 Å². The van der Waals surface area contributed by atoms with Gasteiger partial charge < -0.3 is 10.2 Å². The number of rotatable bonds is 4. The number of amides is 2. The first-order valence-corrected chi connectivity index (χ1v) is 11.9. The minimum atomic E-state index is -0.548. The minimum absolute atomic E-state index is 0.0583. The Labute approximate surface area is 207 Å². The first-order chi connectivity index (χ1) is 16.9. The molecule has 12 heteroatoms. The van der Waals surface area contributed by atoms with Gasteiger partial charge in [0.25, 0.3) is 5.56 Å². The van der Waals surface area contributed by atoms with Crippen molar-refractivity contribution >= 4 is 39.6 Å². The lowest BCUT2D eigenvalue weighted by Gasteiger charge is -2.34. The number of fused-ring (bicyclic) bond motifs is 1. The van der Waals surface area contributed by atoms with Gasteiger partial charge in [-0.05, 0) is 30.3 Å². The molecule has 2 aromatic carbocycles. The van der Waals surface area contributed by atoms with Gasteiger partial charge in [-0.1, -0.05) is 35.1 Å². The normalized spacial score (nSPS) is 14.4. The van der Waals surface area contributed by atoms with Crippen molar-refractivity contribution in [1.29, 1.82) is 0 Å². The molecule has 1 aliphatic rings. The van der Waals surface area contributed by atoms with E-state index in [0.29, 0.717) is 59.6 Å². The number of hydrogen-bond donors (Lipinski definition) is 1. The highest BCUT2D eigenvalue weighted by molar-refractivity contribution is 7.19. The SMILES string of the molecule is O=C(Nc1ccc(F)c(Cl)c1)N1CCN(Cc2cc(=O)n3nc(-c4cccc(F)c4)sc3n2)CC1. The number of hydrogen-bond acceptors (Lipinski definition) is 6. The third-order valence-electron chi connectivity index (χ3n) is 5.59. The molecule has 180 valence electrons. The molecule has 1 N–H and O–H groups in total. The fourth-order valence-electron chi connectivity index (χ4n) is 3.79. The molecule has 1 fully saturated rings. The number of halogens is 3. The maximum absolute atomic E-state index is 13.6. The molecule has 2 amide bonds. The van der Waals surface area contributed by atoms with Crippen LogP contribution >= 0.6 is 22.9 Å². The summed E-state index contributed by atoms with van der Waals surface area (Å²) in [4.78, 5) is 33.9. The van der Waals surface area contributed by atoms with E-state index < -0.39 is 5.82 Å². The number of anilines is 1. The Morgan fingerprint density at radius 2 is 1.89 bits per heavy atom. The smallest absolute Gasteiger partial charge is 0.321 e. The molecule has 1 saturated heterocycles. The lowest BCUT2D eigenvalue weighted by atomic mass is 10.2. The number of carbonyl (C=O) groups excluding carboxylic acids is 1. The van der Waals surface area contributed by atoms with Crippen LogP contribution in [0.2, 0.25) is 5.02 Å². The number of urea groups is 1. The van der Waals surface area contributed by atoms with Gasteiger partial charge in [0.1, 0.15) is 16.6 Å². The Morgan fingerprint density at radius 1 is 1.09 bits per heavy atom. The van der Waals surface area contributed by atoms with Crippen molar-refractivity contribution in [3.63, 3.8) is 0 Å². The third kappa shape index (κ3) is 5.16. The van der Waals surface area contributed by atoms with Gasteiger partial charge in [0.2, 0.25) is 4.96 Å². The van der Waals surface area contributed by atoms with Crippen LogP contribution in [-0.2, 0) is 6.54 Å². The predicted molar refractivity (Wildman–Crippen MR) is 130 cm³/mol. The molecule has 3 heterocycles. The highest BCUT2D eigenvalue weighted by Gasteiger charge is 2.22. The first-order valence-electron chi connectivity index (χ1n) is 10.7. The van der Waals surface area contributed by atoms with Crippen molar-refractivity contribution in [2.45, 2.75) is 6.54 Å². The molecule has 0 atom stereocenters. The van der Waals surface area contributed by atoms with Crippen LogP contribution in [0.3, 0.4) is 0 Å². The highest BCUT2D eigenvalue weighted by atomic mass is 35.5. The Morgan fingerprint density at radius 3 is 2.63 bits per heavy atom. The van der Waals surface area contributed by atoms with E-state index in [-0.39, 0.29) is 22.4 Å². The van der Waals surface area contributed by atoms with E-state index in [1.165, 1.54) is 52.3 Å². The van der Waals surface area contributed by atoms with Crippen LogP contribution in [0.25, 0.3) is 15.5 Å². The summed E-state index contributed by atoms with van der Waals surface area (Å²) in [6.07, 6.45) is 0. The number of benzene rings is 2. The summed E-state index contributed by atoms with van der Waals surface area (Å²) >= 11 is 6.99. The summed E-state index contributed by atoms with van der Waals surface area (Å²) in [5.41, 5.74) is 1.30. The van der Waals surface area contributed by atoms with E-state index in [2.05, 4.69) is 20.3 Å². The lowest BCUT2D eigenvalue weighted by molar-refractivity contribution is 0.142. The number of nitrogens with one attached hydrogen (secondary N) is 1. The van der Waals surface area contributed by atoms with Gasteiger partial charge in [0.15, 0.2) is 0 Å². The zero-order valence-corrected chi connectivity index (χ0v) is 19.8. The molecule has 0 saturated carbocycles. The summed E-state index contributed by atoms with van der Waals surface area (Å²) in [6, 6.07) is 11.2. The number of piperazine rings is 1. The highest BCUT2D eigenvalue weighted by Crippen LogP contribution is 2.25. The zero-order valence-electron chi connectivity index (χ0n) is 18.2. The van der Waals surface area contributed by atoms with Crippen LogP contribution < -0.4 is 10.9 Å². The average molecular weight is 517 g/mol. The van der Waals surface area contributed by atoms with Gasteiger partial charge in [0.05, 0.1) is 10.7 Å². The summed E-state index contributed by atoms with van der Waals surface area (Å²) in [5.74, 6) is -0.926. The van der Waals surface area contributed by atoms with Crippen LogP contribution in [0.1, 0.15) is 5.69 Å². The van der Waals surface area contributed by atoms with Gasteiger partial charge >= 0.3 is 6.03 Å². The molecule has 2 aromatic heterocycles. The Kier molecular flexibility index (Phi) is 6.46. The molecular formula is C23H19ClF2N6O2S. The van der Waals surface area contributed by atoms with Crippen LogP contribution in [0.4, 0.5) is 19.3 Å². The molecule has 4 aromatic rings. The molecule has 0 spiro atoms. The van der Waals surface area contributed by atoms with Crippen molar-refractivity contribution in [2.75, 3.05) is 31.5 Å². The predicted octanol–water partition coefficient (Wildman–Crippen LogP) is 4.10. The van der Waals surface area contributed by atoms with Gasteiger partial charge in [-0.25, -0.2) is 18.6 Å². The van der Waals surface area contributed by atoms with Crippen molar-refractivity contribution in [3.8, 4) is 10.6 Å². The zero-order chi connectivity index (χ0) is 24.5. The Bertz CT molecular complexity index is 1470. The van der Waals surface area contributed by atoms with Crippen molar-refractivity contribution in [2.24, 2.45) is 0 Å². The molecule has 8 nitrogen and oxygen atoms in total.